The van der Waals surface area contributed by atoms with E-state index < -0.39 is 0 Å². The normalized spacial score (nSPS) is 11.2. The molecule has 5 heteroatoms. The van der Waals surface area contributed by atoms with Gasteiger partial charge in [0.2, 0.25) is 0 Å². The van der Waals surface area contributed by atoms with Gasteiger partial charge in [0.05, 0.1) is 18.8 Å². The SMILES string of the molecule is CC(C)c1ccc(CNCc2cn(CCO)nn2)cc1. The highest BCUT2D eigenvalue weighted by Gasteiger charge is 2.01. The Morgan fingerprint density at radius 3 is 2.60 bits per heavy atom. The molecule has 5 nitrogen and oxygen atoms in total. The highest BCUT2D eigenvalue weighted by molar-refractivity contribution is 5.24. The van der Waals surface area contributed by atoms with Crippen molar-refractivity contribution in [2.45, 2.75) is 39.4 Å². The number of aromatic nitrogens is 3. The lowest BCUT2D eigenvalue weighted by atomic mass is 10.0. The van der Waals surface area contributed by atoms with Gasteiger partial charge < -0.3 is 10.4 Å². The van der Waals surface area contributed by atoms with E-state index in [1.807, 2.05) is 6.20 Å². The lowest BCUT2D eigenvalue weighted by Crippen LogP contribution is -2.13. The van der Waals surface area contributed by atoms with Crippen molar-refractivity contribution < 1.29 is 5.11 Å². The molecule has 2 rings (SSSR count). The quantitative estimate of drug-likeness (QED) is 0.806. The zero-order valence-electron chi connectivity index (χ0n) is 12.1. The van der Waals surface area contributed by atoms with Crippen LogP contribution in [0.1, 0.15) is 36.6 Å². The number of benzene rings is 1. The first-order valence-electron chi connectivity index (χ1n) is 6.98. The minimum Gasteiger partial charge on any atom is -0.394 e. The Bertz CT molecular complexity index is 519. The van der Waals surface area contributed by atoms with Crippen molar-refractivity contribution in [2.75, 3.05) is 6.61 Å². The first-order valence-corrected chi connectivity index (χ1v) is 6.98. The Balaban J connectivity index is 1.79. The Morgan fingerprint density at radius 2 is 1.95 bits per heavy atom. The van der Waals surface area contributed by atoms with E-state index in [0.717, 1.165) is 12.2 Å². The van der Waals surface area contributed by atoms with Crippen LogP contribution in [0, 0.1) is 0 Å². The Kier molecular flexibility index (Phi) is 5.26. The molecule has 0 aliphatic heterocycles. The van der Waals surface area contributed by atoms with Crippen molar-refractivity contribution in [1.29, 1.82) is 0 Å². The summed E-state index contributed by atoms with van der Waals surface area (Å²) >= 11 is 0. The number of aliphatic hydroxyl groups excluding tert-OH is 1. The van der Waals surface area contributed by atoms with E-state index in [1.54, 1.807) is 4.68 Å². The second kappa shape index (κ2) is 7.17. The van der Waals surface area contributed by atoms with Gasteiger partial charge >= 0.3 is 0 Å². The Morgan fingerprint density at radius 1 is 1.20 bits per heavy atom. The third-order valence-corrected chi connectivity index (χ3v) is 3.20. The molecule has 1 aromatic carbocycles. The van der Waals surface area contributed by atoms with Gasteiger partial charge in [-0.3, -0.25) is 0 Å². The van der Waals surface area contributed by atoms with Gasteiger partial charge in [-0.15, -0.1) is 5.10 Å². The van der Waals surface area contributed by atoms with Crippen LogP contribution in [-0.2, 0) is 19.6 Å². The van der Waals surface area contributed by atoms with E-state index in [9.17, 15) is 0 Å². The first-order chi connectivity index (χ1) is 9.69. The number of nitrogens with one attached hydrogen (secondary N) is 1. The second-order valence-electron chi connectivity index (χ2n) is 5.20. The van der Waals surface area contributed by atoms with Crippen LogP contribution in [0.2, 0.25) is 0 Å². The Hall–Kier alpha value is -1.72. The van der Waals surface area contributed by atoms with Crippen LogP contribution in [-0.4, -0.2) is 26.7 Å². The lowest BCUT2D eigenvalue weighted by molar-refractivity contribution is 0.268. The standard InChI is InChI=1S/C15H22N4O/c1-12(2)14-5-3-13(4-6-14)9-16-10-15-11-19(7-8-20)18-17-15/h3-6,11-12,16,20H,7-10H2,1-2H3. The number of nitrogens with zero attached hydrogens (tertiary/aromatic N) is 3. The van der Waals surface area contributed by atoms with Crippen LogP contribution >= 0.6 is 0 Å². The Labute approximate surface area is 119 Å². The molecule has 2 aromatic rings. The van der Waals surface area contributed by atoms with Gasteiger partial charge in [0.25, 0.3) is 0 Å². The third-order valence-electron chi connectivity index (χ3n) is 3.20. The number of rotatable bonds is 7. The van der Waals surface area contributed by atoms with Crippen LogP contribution < -0.4 is 5.32 Å². The van der Waals surface area contributed by atoms with Crippen LogP contribution in [0.4, 0.5) is 0 Å². The molecule has 0 atom stereocenters. The monoisotopic (exact) mass is 274 g/mol. The average Bonchev–Trinajstić information content (AvgIpc) is 2.87. The van der Waals surface area contributed by atoms with Crippen LogP contribution in [0.15, 0.2) is 30.5 Å². The molecule has 0 amide bonds. The van der Waals surface area contributed by atoms with Crippen molar-refractivity contribution in [1.82, 2.24) is 20.3 Å². The fourth-order valence-electron chi connectivity index (χ4n) is 1.99. The minimum absolute atomic E-state index is 0.0818. The summed E-state index contributed by atoms with van der Waals surface area (Å²) in [5.41, 5.74) is 3.51. The fourth-order valence-corrected chi connectivity index (χ4v) is 1.99. The van der Waals surface area contributed by atoms with Crippen molar-refractivity contribution in [3.63, 3.8) is 0 Å². The molecular formula is C15H22N4O. The molecular weight excluding hydrogens is 252 g/mol. The van der Waals surface area contributed by atoms with Gasteiger partial charge in [-0.1, -0.05) is 43.3 Å². The second-order valence-corrected chi connectivity index (χ2v) is 5.20. The predicted molar refractivity (Wildman–Crippen MR) is 78.2 cm³/mol. The van der Waals surface area contributed by atoms with Crippen molar-refractivity contribution in [3.05, 3.63) is 47.3 Å². The minimum atomic E-state index is 0.0818. The molecule has 1 aromatic heterocycles. The first kappa shape index (κ1) is 14.7. The molecule has 0 spiro atoms. The summed E-state index contributed by atoms with van der Waals surface area (Å²) in [5.74, 6) is 0.568. The van der Waals surface area contributed by atoms with E-state index in [2.05, 4.69) is 53.7 Å². The van der Waals surface area contributed by atoms with Crippen LogP contribution in [0.5, 0.6) is 0 Å². The van der Waals surface area contributed by atoms with E-state index in [1.165, 1.54) is 11.1 Å². The molecule has 0 saturated heterocycles. The summed E-state index contributed by atoms with van der Waals surface area (Å²) in [6, 6.07) is 8.67. The zero-order valence-corrected chi connectivity index (χ0v) is 12.1. The van der Waals surface area contributed by atoms with Crippen LogP contribution in [0.25, 0.3) is 0 Å². The third kappa shape index (κ3) is 4.15. The maximum absolute atomic E-state index is 8.81. The maximum atomic E-state index is 8.81. The maximum Gasteiger partial charge on any atom is 0.0964 e. The lowest BCUT2D eigenvalue weighted by Gasteiger charge is -2.07. The van der Waals surface area contributed by atoms with E-state index in [0.29, 0.717) is 19.0 Å². The van der Waals surface area contributed by atoms with Gasteiger partial charge in [0.1, 0.15) is 0 Å². The summed E-state index contributed by atoms with van der Waals surface area (Å²) in [6.45, 7) is 6.45. The molecule has 2 N–H and O–H groups in total. The molecule has 0 aliphatic carbocycles. The molecule has 20 heavy (non-hydrogen) atoms. The summed E-state index contributed by atoms with van der Waals surface area (Å²) < 4.78 is 1.65. The molecule has 0 aliphatic rings. The molecule has 0 saturated carbocycles. The summed E-state index contributed by atoms with van der Waals surface area (Å²) in [5, 5.41) is 20.1. The van der Waals surface area contributed by atoms with Gasteiger partial charge in [-0.05, 0) is 17.0 Å². The zero-order chi connectivity index (χ0) is 14.4. The largest absolute Gasteiger partial charge is 0.394 e. The van der Waals surface area contributed by atoms with E-state index >= 15 is 0 Å². The highest BCUT2D eigenvalue weighted by atomic mass is 16.3. The number of aliphatic hydroxyl groups is 1. The fraction of sp³-hybridized carbons (Fsp3) is 0.467. The highest BCUT2D eigenvalue weighted by Crippen LogP contribution is 2.14. The topological polar surface area (TPSA) is 63.0 Å². The van der Waals surface area contributed by atoms with Crippen molar-refractivity contribution in [3.8, 4) is 0 Å². The summed E-state index contributed by atoms with van der Waals surface area (Å²) in [6.07, 6.45) is 1.85. The van der Waals surface area contributed by atoms with Crippen LogP contribution in [0.3, 0.4) is 0 Å². The van der Waals surface area contributed by atoms with Crippen molar-refractivity contribution in [2.24, 2.45) is 0 Å². The number of hydrogen-bond donors (Lipinski definition) is 2. The summed E-state index contributed by atoms with van der Waals surface area (Å²) in [4.78, 5) is 0. The van der Waals surface area contributed by atoms with Gasteiger partial charge in [-0.2, -0.15) is 0 Å². The number of hydrogen-bond acceptors (Lipinski definition) is 4. The van der Waals surface area contributed by atoms with Crippen molar-refractivity contribution >= 4 is 0 Å². The molecule has 0 bridgehead atoms. The summed E-state index contributed by atoms with van der Waals surface area (Å²) in [7, 11) is 0. The van der Waals surface area contributed by atoms with E-state index in [4.69, 9.17) is 5.11 Å². The molecule has 0 unspecified atom stereocenters. The van der Waals surface area contributed by atoms with Gasteiger partial charge in [0.15, 0.2) is 0 Å². The average molecular weight is 274 g/mol. The molecule has 108 valence electrons. The molecule has 0 radical (unpaired) electrons. The van der Waals surface area contributed by atoms with Gasteiger partial charge in [0, 0.05) is 19.3 Å². The smallest absolute Gasteiger partial charge is 0.0964 e. The van der Waals surface area contributed by atoms with Gasteiger partial charge in [-0.25, -0.2) is 4.68 Å². The van der Waals surface area contributed by atoms with E-state index in [-0.39, 0.29) is 6.61 Å². The molecule has 1 heterocycles. The predicted octanol–water partition coefficient (Wildman–Crippen LogP) is 1.68. The molecule has 0 fully saturated rings.